The van der Waals surface area contributed by atoms with Gasteiger partial charge >= 0.3 is 24.2 Å². The van der Waals surface area contributed by atoms with Gasteiger partial charge < -0.3 is 30.9 Å². The summed E-state index contributed by atoms with van der Waals surface area (Å²) in [5, 5.41) is 24.6. The molecule has 2 aromatic rings. The van der Waals surface area contributed by atoms with Crippen LogP contribution in [-0.2, 0) is 19.1 Å². The monoisotopic (exact) mass is 568 g/mol. The molecule has 0 aliphatic carbocycles. The predicted octanol–water partition coefficient (Wildman–Crippen LogP) is 3.49. The number of aromatic nitrogens is 1. The molecule has 2 amide bonds. The first-order valence-corrected chi connectivity index (χ1v) is 10.9. The van der Waals surface area contributed by atoms with Crippen LogP contribution in [0.3, 0.4) is 0 Å². The number of hydrogen-bond donors (Lipinski definition) is 5. The highest BCUT2D eigenvalue weighted by molar-refractivity contribution is 6.34. The summed E-state index contributed by atoms with van der Waals surface area (Å²) in [6.07, 6.45) is -4.62. The number of benzene rings is 1. The Bertz CT molecular complexity index is 1060. The SMILES string of the molecule is O=C(O)C(F)(F)F.O=C(O)CC(NC(=O)CNC(=O)OCCNc1ccccn1)c1cc(Cl)cc(Cl)c1. The summed E-state index contributed by atoms with van der Waals surface area (Å²) < 4.78 is 36.7. The van der Waals surface area contributed by atoms with Crippen molar-refractivity contribution >= 4 is 53.0 Å². The minimum atomic E-state index is -5.08. The Morgan fingerprint density at radius 1 is 1.05 bits per heavy atom. The van der Waals surface area contributed by atoms with E-state index < -0.39 is 42.7 Å². The van der Waals surface area contributed by atoms with Crippen LogP contribution in [0.1, 0.15) is 18.0 Å². The number of hydrogen-bond acceptors (Lipinski definition) is 7. The van der Waals surface area contributed by atoms with Crippen LogP contribution in [0.4, 0.5) is 23.8 Å². The highest BCUT2D eigenvalue weighted by atomic mass is 35.5. The molecule has 11 nitrogen and oxygen atoms in total. The van der Waals surface area contributed by atoms with Crippen LogP contribution >= 0.6 is 23.2 Å². The van der Waals surface area contributed by atoms with Gasteiger partial charge in [-0.05, 0) is 35.9 Å². The summed E-state index contributed by atoms with van der Waals surface area (Å²) in [6.45, 7) is 0.0104. The highest BCUT2D eigenvalue weighted by Crippen LogP contribution is 2.25. The molecule has 16 heteroatoms. The summed E-state index contributed by atoms with van der Waals surface area (Å²) in [5.74, 6) is -3.83. The molecule has 0 aliphatic heterocycles. The van der Waals surface area contributed by atoms with Crippen LogP contribution in [0.25, 0.3) is 0 Å². The molecule has 0 spiro atoms. The number of alkyl halides is 3. The van der Waals surface area contributed by atoms with Gasteiger partial charge in [0.1, 0.15) is 19.0 Å². The van der Waals surface area contributed by atoms with E-state index in [1.54, 1.807) is 18.3 Å². The minimum Gasteiger partial charge on any atom is -0.481 e. The Balaban J connectivity index is 0.000000856. The number of anilines is 1. The van der Waals surface area contributed by atoms with Gasteiger partial charge in [0.25, 0.3) is 0 Å². The predicted molar refractivity (Wildman–Crippen MR) is 125 cm³/mol. The van der Waals surface area contributed by atoms with Gasteiger partial charge in [-0.2, -0.15) is 13.2 Å². The van der Waals surface area contributed by atoms with Crippen LogP contribution in [-0.4, -0.2) is 65.0 Å². The second-order valence-electron chi connectivity index (χ2n) is 6.85. The molecule has 1 unspecified atom stereocenters. The standard InChI is InChI=1S/C19H20Cl2N4O5.C2HF3O2/c20-13-7-12(8-14(21)9-13)15(10-18(27)28)25-17(26)11-24-19(29)30-6-5-23-16-3-1-2-4-22-16;3-2(4,5)1(6)7/h1-4,7-9,15H,5-6,10-11H2,(H,22,23)(H,24,29)(H,25,26)(H,27,28);(H,6,7). The Labute approximate surface area is 217 Å². The number of nitrogens with one attached hydrogen (secondary N) is 3. The van der Waals surface area contributed by atoms with Crippen LogP contribution in [0, 0.1) is 0 Å². The summed E-state index contributed by atoms with van der Waals surface area (Å²) >= 11 is 11.9. The van der Waals surface area contributed by atoms with Crippen LogP contribution < -0.4 is 16.0 Å². The van der Waals surface area contributed by atoms with Crippen molar-refractivity contribution in [3.8, 4) is 0 Å². The number of carboxylic acid groups (broad SMARTS) is 2. The molecular formula is C21H21Cl2F3N4O7. The van der Waals surface area contributed by atoms with E-state index in [4.69, 9.17) is 42.9 Å². The Morgan fingerprint density at radius 2 is 1.68 bits per heavy atom. The Hall–Kier alpha value is -3.78. The van der Waals surface area contributed by atoms with Gasteiger partial charge in [-0.1, -0.05) is 29.3 Å². The van der Waals surface area contributed by atoms with E-state index >= 15 is 0 Å². The van der Waals surface area contributed by atoms with Crippen LogP contribution in [0.2, 0.25) is 10.0 Å². The van der Waals surface area contributed by atoms with E-state index in [0.717, 1.165) is 0 Å². The largest absolute Gasteiger partial charge is 0.490 e. The molecule has 1 aromatic carbocycles. The fraction of sp³-hybridized carbons (Fsp3) is 0.286. The number of carbonyl (C=O) groups is 4. The van der Waals surface area contributed by atoms with Gasteiger partial charge in [0.2, 0.25) is 5.91 Å². The first-order valence-electron chi connectivity index (χ1n) is 10.1. The molecule has 0 radical (unpaired) electrons. The number of halogens is 5. The third-order valence-corrected chi connectivity index (χ3v) is 4.38. The van der Waals surface area contributed by atoms with Gasteiger partial charge in [0, 0.05) is 16.2 Å². The van der Waals surface area contributed by atoms with Crippen molar-refractivity contribution in [2.75, 3.05) is 25.0 Å². The summed E-state index contributed by atoms with van der Waals surface area (Å²) in [4.78, 5) is 47.9. The lowest BCUT2D eigenvalue weighted by Gasteiger charge is -2.18. The zero-order valence-corrected chi connectivity index (χ0v) is 20.2. The second kappa shape index (κ2) is 15.4. The normalized spacial score (nSPS) is 11.3. The van der Waals surface area contributed by atoms with Gasteiger partial charge in [0.05, 0.1) is 19.0 Å². The molecule has 1 heterocycles. The quantitative estimate of drug-likeness (QED) is 0.269. The smallest absolute Gasteiger partial charge is 0.481 e. The van der Waals surface area contributed by atoms with Crippen molar-refractivity contribution in [1.82, 2.24) is 15.6 Å². The molecule has 1 atom stereocenters. The molecule has 1 aromatic heterocycles. The number of carbonyl (C=O) groups excluding carboxylic acids is 2. The Morgan fingerprint density at radius 3 is 2.19 bits per heavy atom. The average molecular weight is 569 g/mol. The average Bonchev–Trinajstić information content (AvgIpc) is 2.79. The molecule has 202 valence electrons. The van der Waals surface area contributed by atoms with E-state index in [1.165, 1.54) is 18.2 Å². The number of alkyl carbamates (subject to hydrolysis) is 1. The molecule has 2 rings (SSSR count). The van der Waals surface area contributed by atoms with Gasteiger partial charge in [-0.25, -0.2) is 14.6 Å². The molecule has 37 heavy (non-hydrogen) atoms. The molecule has 0 fully saturated rings. The van der Waals surface area contributed by atoms with Crippen molar-refractivity contribution in [2.24, 2.45) is 0 Å². The molecule has 5 N–H and O–H groups in total. The third-order valence-electron chi connectivity index (χ3n) is 3.94. The molecule has 0 bridgehead atoms. The molecule has 0 saturated carbocycles. The third kappa shape index (κ3) is 13.8. The maximum atomic E-state index is 12.1. The number of rotatable bonds is 10. The number of carboxylic acids is 2. The van der Waals surface area contributed by atoms with Gasteiger partial charge in [-0.3, -0.25) is 9.59 Å². The fourth-order valence-electron chi connectivity index (χ4n) is 2.44. The topological polar surface area (TPSA) is 167 Å². The van der Waals surface area contributed by atoms with Crippen LogP contribution in [0.5, 0.6) is 0 Å². The number of nitrogens with zero attached hydrogens (tertiary/aromatic N) is 1. The number of pyridine rings is 1. The number of amides is 2. The summed E-state index contributed by atoms with van der Waals surface area (Å²) in [5.41, 5.74) is 0.437. The van der Waals surface area contributed by atoms with Crippen molar-refractivity contribution in [1.29, 1.82) is 0 Å². The van der Waals surface area contributed by atoms with E-state index in [2.05, 4.69) is 20.9 Å². The number of aliphatic carboxylic acids is 2. The zero-order valence-electron chi connectivity index (χ0n) is 18.7. The zero-order chi connectivity index (χ0) is 28.0. The van der Waals surface area contributed by atoms with Crippen LogP contribution in [0.15, 0.2) is 42.6 Å². The highest BCUT2D eigenvalue weighted by Gasteiger charge is 2.38. The summed E-state index contributed by atoms with van der Waals surface area (Å²) in [6, 6.07) is 9.01. The van der Waals surface area contributed by atoms with E-state index in [1.807, 2.05) is 6.07 Å². The maximum absolute atomic E-state index is 12.1. The first kappa shape index (κ1) is 31.3. The van der Waals surface area contributed by atoms with Gasteiger partial charge in [0.15, 0.2) is 0 Å². The van der Waals surface area contributed by atoms with E-state index in [-0.39, 0.29) is 13.0 Å². The van der Waals surface area contributed by atoms with Crippen molar-refractivity contribution in [3.63, 3.8) is 0 Å². The summed E-state index contributed by atoms with van der Waals surface area (Å²) in [7, 11) is 0. The fourth-order valence-corrected chi connectivity index (χ4v) is 2.99. The lowest BCUT2D eigenvalue weighted by molar-refractivity contribution is -0.192. The molecule has 0 aliphatic rings. The van der Waals surface area contributed by atoms with Crippen molar-refractivity contribution in [3.05, 3.63) is 58.2 Å². The molecular weight excluding hydrogens is 548 g/mol. The first-order chi connectivity index (χ1) is 17.3. The minimum absolute atomic E-state index is 0.0622. The molecule has 0 saturated heterocycles. The van der Waals surface area contributed by atoms with E-state index in [9.17, 15) is 27.6 Å². The van der Waals surface area contributed by atoms with Crippen molar-refractivity contribution < 1.29 is 47.3 Å². The van der Waals surface area contributed by atoms with Crippen molar-refractivity contribution in [2.45, 2.75) is 18.6 Å². The van der Waals surface area contributed by atoms with E-state index in [0.29, 0.717) is 28.0 Å². The van der Waals surface area contributed by atoms with Gasteiger partial charge in [-0.15, -0.1) is 0 Å². The Kier molecular flexibility index (Phi) is 13.0. The maximum Gasteiger partial charge on any atom is 0.490 e. The second-order valence-corrected chi connectivity index (χ2v) is 7.73. The number of ether oxygens (including phenoxy) is 1. The lowest BCUT2D eigenvalue weighted by atomic mass is 10.0. The lowest BCUT2D eigenvalue weighted by Crippen LogP contribution is -2.39.